The minimum Gasteiger partial charge on any atom is -0.352 e. The first kappa shape index (κ1) is 13.3. The Morgan fingerprint density at radius 3 is 2.39 bits per heavy atom. The van der Waals surface area contributed by atoms with Gasteiger partial charge >= 0.3 is 0 Å². The third-order valence-corrected chi connectivity index (χ3v) is 5.06. The van der Waals surface area contributed by atoms with E-state index in [1.807, 2.05) is 0 Å². The van der Waals surface area contributed by atoms with Gasteiger partial charge in [-0.3, -0.25) is 9.59 Å². The van der Waals surface area contributed by atoms with Gasteiger partial charge in [0.2, 0.25) is 11.8 Å². The van der Waals surface area contributed by atoms with E-state index in [1.165, 1.54) is 11.8 Å². The molecule has 1 unspecified atom stereocenters. The molecule has 0 bridgehead atoms. The van der Waals surface area contributed by atoms with Crippen molar-refractivity contribution in [3.63, 3.8) is 0 Å². The van der Waals surface area contributed by atoms with Gasteiger partial charge in [0.25, 0.3) is 0 Å². The van der Waals surface area contributed by atoms with E-state index >= 15 is 0 Å². The van der Waals surface area contributed by atoms with Crippen molar-refractivity contribution in [2.24, 2.45) is 0 Å². The summed E-state index contributed by atoms with van der Waals surface area (Å²) in [7, 11) is -3.05. The van der Waals surface area contributed by atoms with E-state index in [4.69, 9.17) is 0 Å². The smallest absolute Gasteiger partial charge is 0.239 e. The standard InChI is InChI=1S/C11H18N2O4S/c1-8(14)13(6-11(15)12-9-2-3-9)10-4-5-18(16,17)7-10/h9-10H,2-7H2,1H3,(H,12,15). The number of nitrogens with one attached hydrogen (secondary N) is 1. The Morgan fingerprint density at radius 2 is 1.94 bits per heavy atom. The largest absolute Gasteiger partial charge is 0.352 e. The molecule has 1 N–H and O–H groups in total. The summed E-state index contributed by atoms with van der Waals surface area (Å²) >= 11 is 0. The first-order chi connectivity index (χ1) is 8.37. The molecular weight excluding hydrogens is 256 g/mol. The van der Waals surface area contributed by atoms with Crippen LogP contribution in [0, 0.1) is 0 Å². The van der Waals surface area contributed by atoms with Crippen molar-refractivity contribution in [1.29, 1.82) is 0 Å². The van der Waals surface area contributed by atoms with Crippen LogP contribution in [-0.2, 0) is 19.4 Å². The van der Waals surface area contributed by atoms with Gasteiger partial charge in [-0.15, -0.1) is 0 Å². The number of sulfone groups is 1. The molecule has 18 heavy (non-hydrogen) atoms. The lowest BCUT2D eigenvalue weighted by atomic mass is 10.2. The molecule has 102 valence electrons. The molecule has 0 aromatic carbocycles. The van der Waals surface area contributed by atoms with Crippen LogP contribution in [0.4, 0.5) is 0 Å². The minimum atomic E-state index is -3.05. The van der Waals surface area contributed by atoms with Gasteiger partial charge in [-0.1, -0.05) is 0 Å². The molecule has 7 heteroatoms. The maximum absolute atomic E-state index is 11.7. The molecule has 0 aromatic rings. The van der Waals surface area contributed by atoms with Crippen molar-refractivity contribution in [2.45, 2.75) is 38.3 Å². The fraction of sp³-hybridized carbons (Fsp3) is 0.818. The summed E-state index contributed by atoms with van der Waals surface area (Å²) < 4.78 is 22.8. The zero-order chi connectivity index (χ0) is 13.3. The number of rotatable bonds is 4. The molecule has 1 heterocycles. The zero-order valence-corrected chi connectivity index (χ0v) is 11.2. The Balaban J connectivity index is 1.95. The number of nitrogens with zero attached hydrogens (tertiary/aromatic N) is 1. The number of amides is 2. The predicted molar refractivity (Wildman–Crippen MR) is 65.6 cm³/mol. The monoisotopic (exact) mass is 274 g/mol. The lowest BCUT2D eigenvalue weighted by molar-refractivity contribution is -0.136. The molecule has 2 fully saturated rings. The van der Waals surface area contributed by atoms with Crippen LogP contribution in [0.15, 0.2) is 0 Å². The Hall–Kier alpha value is -1.11. The van der Waals surface area contributed by atoms with Crippen LogP contribution in [0.25, 0.3) is 0 Å². The Bertz CT molecular complexity index is 456. The molecule has 1 saturated heterocycles. The lowest BCUT2D eigenvalue weighted by Crippen LogP contribution is -2.46. The van der Waals surface area contributed by atoms with Crippen molar-refractivity contribution >= 4 is 21.7 Å². The van der Waals surface area contributed by atoms with Crippen molar-refractivity contribution in [1.82, 2.24) is 10.2 Å². The SMILES string of the molecule is CC(=O)N(CC(=O)NC1CC1)C1CCS(=O)(=O)C1. The van der Waals surface area contributed by atoms with Crippen molar-refractivity contribution in [3.8, 4) is 0 Å². The average Bonchev–Trinajstić information content (AvgIpc) is 2.98. The highest BCUT2D eigenvalue weighted by molar-refractivity contribution is 7.91. The maximum Gasteiger partial charge on any atom is 0.239 e. The molecular formula is C11H18N2O4S. The molecule has 1 aliphatic heterocycles. The number of hydrogen-bond acceptors (Lipinski definition) is 4. The predicted octanol–water partition coefficient (Wildman–Crippen LogP) is -0.699. The van der Waals surface area contributed by atoms with Crippen LogP contribution in [0.3, 0.4) is 0 Å². The average molecular weight is 274 g/mol. The number of carbonyl (C=O) groups is 2. The Morgan fingerprint density at radius 1 is 1.28 bits per heavy atom. The highest BCUT2D eigenvalue weighted by Crippen LogP contribution is 2.20. The Kier molecular flexibility index (Phi) is 3.61. The molecule has 0 aromatic heterocycles. The van der Waals surface area contributed by atoms with Crippen LogP contribution in [0.2, 0.25) is 0 Å². The van der Waals surface area contributed by atoms with E-state index in [2.05, 4.69) is 5.32 Å². The normalized spacial score (nSPS) is 25.7. The number of carbonyl (C=O) groups excluding carboxylic acids is 2. The second-order valence-corrected chi connectivity index (χ2v) is 7.27. The van der Waals surface area contributed by atoms with E-state index in [0.29, 0.717) is 6.42 Å². The van der Waals surface area contributed by atoms with E-state index in [9.17, 15) is 18.0 Å². The van der Waals surface area contributed by atoms with E-state index < -0.39 is 9.84 Å². The summed E-state index contributed by atoms with van der Waals surface area (Å²) in [5.74, 6) is -0.366. The first-order valence-corrected chi connectivity index (χ1v) is 7.96. The number of hydrogen-bond donors (Lipinski definition) is 1. The maximum atomic E-state index is 11.7. The zero-order valence-electron chi connectivity index (χ0n) is 10.4. The van der Waals surface area contributed by atoms with Gasteiger partial charge in [-0.25, -0.2) is 8.42 Å². The van der Waals surface area contributed by atoms with Crippen LogP contribution >= 0.6 is 0 Å². The van der Waals surface area contributed by atoms with Gasteiger partial charge in [0.1, 0.15) is 0 Å². The van der Waals surface area contributed by atoms with E-state index in [0.717, 1.165) is 12.8 Å². The van der Waals surface area contributed by atoms with Gasteiger partial charge in [0.15, 0.2) is 9.84 Å². The van der Waals surface area contributed by atoms with Crippen LogP contribution in [0.5, 0.6) is 0 Å². The highest BCUT2D eigenvalue weighted by Gasteiger charge is 2.35. The molecule has 1 saturated carbocycles. The first-order valence-electron chi connectivity index (χ1n) is 6.14. The lowest BCUT2D eigenvalue weighted by Gasteiger charge is -2.26. The van der Waals surface area contributed by atoms with Crippen molar-refractivity contribution in [2.75, 3.05) is 18.1 Å². The molecule has 2 amide bonds. The molecule has 6 nitrogen and oxygen atoms in total. The quantitative estimate of drug-likeness (QED) is 0.735. The van der Waals surface area contributed by atoms with Gasteiger partial charge in [0.05, 0.1) is 18.1 Å². The summed E-state index contributed by atoms with van der Waals surface area (Å²) in [5, 5.41) is 2.80. The van der Waals surface area contributed by atoms with Crippen LogP contribution in [0.1, 0.15) is 26.2 Å². The fourth-order valence-electron chi connectivity index (χ4n) is 2.17. The minimum absolute atomic E-state index is 0.0245. The molecule has 1 atom stereocenters. The van der Waals surface area contributed by atoms with Crippen LogP contribution in [-0.4, -0.2) is 55.3 Å². The van der Waals surface area contributed by atoms with Crippen LogP contribution < -0.4 is 5.32 Å². The third-order valence-electron chi connectivity index (χ3n) is 3.31. The second-order valence-electron chi connectivity index (χ2n) is 5.05. The van der Waals surface area contributed by atoms with Gasteiger partial charge in [0, 0.05) is 19.0 Å². The molecule has 0 radical (unpaired) electrons. The topological polar surface area (TPSA) is 83.6 Å². The molecule has 1 aliphatic carbocycles. The van der Waals surface area contributed by atoms with E-state index in [-0.39, 0.29) is 41.9 Å². The third kappa shape index (κ3) is 3.44. The molecule has 2 aliphatic rings. The Labute approximate surface area is 107 Å². The summed E-state index contributed by atoms with van der Waals surface area (Å²) in [6.45, 7) is 1.33. The summed E-state index contributed by atoms with van der Waals surface area (Å²) in [4.78, 5) is 24.6. The van der Waals surface area contributed by atoms with Gasteiger partial charge < -0.3 is 10.2 Å². The molecule has 2 rings (SSSR count). The summed E-state index contributed by atoms with van der Waals surface area (Å²) in [5.41, 5.74) is 0. The van der Waals surface area contributed by atoms with Crippen molar-refractivity contribution < 1.29 is 18.0 Å². The summed E-state index contributed by atoms with van der Waals surface area (Å²) in [6.07, 6.45) is 2.41. The van der Waals surface area contributed by atoms with E-state index in [1.54, 1.807) is 0 Å². The molecule has 0 spiro atoms. The summed E-state index contributed by atoms with van der Waals surface area (Å²) in [6, 6.07) is -0.101. The van der Waals surface area contributed by atoms with Gasteiger partial charge in [-0.2, -0.15) is 0 Å². The van der Waals surface area contributed by atoms with Crippen molar-refractivity contribution in [3.05, 3.63) is 0 Å². The second kappa shape index (κ2) is 4.87. The fourth-order valence-corrected chi connectivity index (χ4v) is 3.91. The van der Waals surface area contributed by atoms with Gasteiger partial charge in [-0.05, 0) is 19.3 Å². The highest BCUT2D eigenvalue weighted by atomic mass is 32.2.